The van der Waals surface area contributed by atoms with Gasteiger partial charge in [0.15, 0.2) is 0 Å². The van der Waals surface area contributed by atoms with Gasteiger partial charge in [-0.05, 0) is 13.8 Å². The van der Waals surface area contributed by atoms with Gasteiger partial charge < -0.3 is 0 Å². The van der Waals surface area contributed by atoms with Crippen LogP contribution in [0.25, 0.3) is 0 Å². The van der Waals surface area contributed by atoms with E-state index in [0.29, 0.717) is 0 Å². The summed E-state index contributed by atoms with van der Waals surface area (Å²) in [6.45, 7) is 3.16. The van der Waals surface area contributed by atoms with E-state index < -0.39 is 20.8 Å². The van der Waals surface area contributed by atoms with Crippen molar-refractivity contribution in [3.8, 4) is 12.3 Å². The van der Waals surface area contributed by atoms with Gasteiger partial charge in [0.05, 0.1) is 5.54 Å². The number of hydrogen-bond acceptors (Lipinski definition) is 2. The molecule has 11 heavy (non-hydrogen) atoms. The highest BCUT2D eigenvalue weighted by atomic mass is 35.5. The first kappa shape index (κ1) is 10.8. The van der Waals surface area contributed by atoms with E-state index in [2.05, 4.69) is 10.6 Å². The highest BCUT2D eigenvalue weighted by Gasteiger charge is 2.20. The molecule has 0 radical (unpaired) electrons. The number of alkyl halides is 1. The van der Waals surface area contributed by atoms with Gasteiger partial charge in [0.25, 0.3) is 0 Å². The van der Waals surface area contributed by atoms with E-state index in [1.54, 1.807) is 13.8 Å². The highest BCUT2D eigenvalue weighted by Crippen LogP contribution is 2.02. The van der Waals surface area contributed by atoms with Gasteiger partial charge in [-0.1, -0.05) is 5.92 Å². The molecule has 0 aliphatic heterocycles. The average Bonchev–Trinajstić information content (AvgIpc) is 1.86. The van der Waals surface area contributed by atoms with Gasteiger partial charge >= 0.3 is 0 Å². The molecule has 0 rings (SSSR count). The Bertz CT molecular complexity index is 263. The van der Waals surface area contributed by atoms with Crippen LogP contribution in [0.1, 0.15) is 13.8 Å². The zero-order chi connectivity index (χ0) is 9.12. The van der Waals surface area contributed by atoms with Crippen molar-refractivity contribution in [1.29, 1.82) is 0 Å². The summed E-state index contributed by atoms with van der Waals surface area (Å²) in [4.78, 5) is 0. The summed E-state index contributed by atoms with van der Waals surface area (Å²) in [6, 6.07) is 0. The van der Waals surface area contributed by atoms with Gasteiger partial charge in [0.1, 0.15) is 5.21 Å². The average molecular weight is 196 g/mol. The Morgan fingerprint density at radius 1 is 1.64 bits per heavy atom. The summed E-state index contributed by atoms with van der Waals surface area (Å²) in [5, 5.41) is -0.474. The van der Waals surface area contributed by atoms with Gasteiger partial charge in [-0.15, -0.1) is 18.0 Å². The van der Waals surface area contributed by atoms with Crippen LogP contribution in [-0.2, 0) is 10.0 Å². The summed E-state index contributed by atoms with van der Waals surface area (Å²) in [5.41, 5.74) is -0.867. The van der Waals surface area contributed by atoms with E-state index >= 15 is 0 Å². The molecule has 0 aromatic heterocycles. The Balaban J connectivity index is 4.42. The Morgan fingerprint density at radius 2 is 2.09 bits per heavy atom. The maximum atomic E-state index is 10.8. The molecule has 1 N–H and O–H groups in total. The lowest BCUT2D eigenvalue weighted by Crippen LogP contribution is -2.42. The predicted molar refractivity (Wildman–Crippen MR) is 45.7 cm³/mol. The molecular formula is C6H10ClNO2S. The molecule has 0 aromatic rings. The fraction of sp³-hybridized carbons (Fsp3) is 0.667. The molecule has 0 amide bonds. The van der Waals surface area contributed by atoms with Crippen molar-refractivity contribution in [1.82, 2.24) is 4.72 Å². The number of halogens is 1. The predicted octanol–water partition coefficient (Wildman–Crippen LogP) is 0.514. The van der Waals surface area contributed by atoms with Crippen LogP contribution < -0.4 is 4.72 Å². The number of sulfonamides is 1. The van der Waals surface area contributed by atoms with Crippen molar-refractivity contribution in [3.05, 3.63) is 0 Å². The van der Waals surface area contributed by atoms with Crippen molar-refractivity contribution >= 4 is 21.6 Å². The van der Waals surface area contributed by atoms with Gasteiger partial charge in [-0.2, -0.15) is 4.72 Å². The third-order valence-corrected chi connectivity index (χ3v) is 2.89. The monoisotopic (exact) mass is 195 g/mol. The summed E-state index contributed by atoms with van der Waals surface area (Å²) >= 11 is 5.14. The van der Waals surface area contributed by atoms with Crippen LogP contribution in [0.15, 0.2) is 0 Å². The largest absolute Gasteiger partial charge is 0.226 e. The van der Waals surface area contributed by atoms with Crippen molar-refractivity contribution in [2.24, 2.45) is 0 Å². The second-order valence-corrected chi connectivity index (χ2v) is 4.90. The van der Waals surface area contributed by atoms with Crippen LogP contribution in [0.3, 0.4) is 0 Å². The van der Waals surface area contributed by atoms with Gasteiger partial charge in [0, 0.05) is 0 Å². The first-order chi connectivity index (χ1) is 4.83. The smallest absolute Gasteiger partial charge is 0.211 e. The third-order valence-electron chi connectivity index (χ3n) is 0.915. The lowest BCUT2D eigenvalue weighted by molar-refractivity contribution is 0.543. The molecule has 0 saturated carbocycles. The molecule has 0 aromatic carbocycles. The standard InChI is InChI=1S/C6H10ClNO2S/c1-4-6(2,3)8-11(9,10)5-7/h1,8H,5H2,2-3H3. The van der Waals surface area contributed by atoms with Crippen LogP contribution in [0.5, 0.6) is 0 Å². The number of hydrogen-bond donors (Lipinski definition) is 1. The zero-order valence-electron chi connectivity index (χ0n) is 6.39. The number of rotatable bonds is 3. The maximum absolute atomic E-state index is 10.8. The minimum Gasteiger partial charge on any atom is -0.211 e. The Labute approximate surface area is 72.2 Å². The lowest BCUT2D eigenvalue weighted by Gasteiger charge is -2.17. The van der Waals surface area contributed by atoms with Gasteiger partial charge in [-0.25, -0.2) is 8.42 Å². The first-order valence-corrected chi connectivity index (χ1v) is 5.07. The van der Waals surface area contributed by atoms with Crippen LogP contribution in [0.4, 0.5) is 0 Å². The van der Waals surface area contributed by atoms with Crippen LogP contribution in [-0.4, -0.2) is 19.2 Å². The van der Waals surface area contributed by atoms with Crippen molar-refractivity contribution < 1.29 is 8.42 Å². The SMILES string of the molecule is C#CC(C)(C)NS(=O)(=O)CCl. The summed E-state index contributed by atoms with van der Waals surface area (Å²) < 4.78 is 23.9. The second kappa shape index (κ2) is 3.44. The Morgan fingerprint density at radius 3 is 2.36 bits per heavy atom. The Hall–Kier alpha value is -0.240. The van der Waals surface area contributed by atoms with Gasteiger partial charge in [-0.3, -0.25) is 0 Å². The van der Waals surface area contributed by atoms with Crippen LogP contribution in [0, 0.1) is 12.3 Å². The fourth-order valence-electron chi connectivity index (χ4n) is 0.445. The Kier molecular flexibility index (Phi) is 3.36. The molecule has 5 heteroatoms. The van der Waals surface area contributed by atoms with Crippen LogP contribution in [0.2, 0.25) is 0 Å². The zero-order valence-corrected chi connectivity index (χ0v) is 7.96. The van der Waals surface area contributed by atoms with E-state index in [0.717, 1.165) is 0 Å². The quantitative estimate of drug-likeness (QED) is 0.527. The number of nitrogens with one attached hydrogen (secondary N) is 1. The molecule has 64 valence electrons. The molecule has 0 aliphatic carbocycles. The molecule has 0 saturated heterocycles. The minimum absolute atomic E-state index is 0.474. The molecule has 0 heterocycles. The molecule has 3 nitrogen and oxygen atoms in total. The molecule has 0 bridgehead atoms. The highest BCUT2D eigenvalue weighted by molar-refractivity contribution is 7.90. The van der Waals surface area contributed by atoms with Crippen LogP contribution >= 0.6 is 11.6 Å². The van der Waals surface area contributed by atoms with E-state index in [1.807, 2.05) is 0 Å². The fourth-order valence-corrected chi connectivity index (χ4v) is 1.50. The lowest BCUT2D eigenvalue weighted by atomic mass is 10.1. The van der Waals surface area contributed by atoms with Crippen molar-refractivity contribution in [3.63, 3.8) is 0 Å². The molecular weight excluding hydrogens is 186 g/mol. The van der Waals surface area contributed by atoms with Crippen molar-refractivity contribution in [2.75, 3.05) is 5.21 Å². The molecule has 0 fully saturated rings. The first-order valence-electron chi connectivity index (χ1n) is 2.88. The summed E-state index contributed by atoms with van der Waals surface area (Å²) in [7, 11) is -3.42. The third kappa shape index (κ3) is 4.25. The van der Waals surface area contributed by atoms with E-state index in [9.17, 15) is 8.42 Å². The maximum Gasteiger partial charge on any atom is 0.226 e. The van der Waals surface area contributed by atoms with E-state index in [1.165, 1.54) is 0 Å². The van der Waals surface area contributed by atoms with E-state index in [4.69, 9.17) is 18.0 Å². The van der Waals surface area contributed by atoms with Crippen molar-refractivity contribution in [2.45, 2.75) is 19.4 Å². The minimum atomic E-state index is -3.42. The van der Waals surface area contributed by atoms with Gasteiger partial charge in [0.2, 0.25) is 10.0 Å². The second-order valence-electron chi connectivity index (χ2n) is 2.60. The molecule has 0 spiro atoms. The summed E-state index contributed by atoms with van der Waals surface area (Å²) in [6.07, 6.45) is 5.05. The normalized spacial score (nSPS) is 12.5. The topological polar surface area (TPSA) is 46.2 Å². The molecule has 0 atom stereocenters. The molecule has 0 aliphatic rings. The number of terminal acetylenes is 1. The summed E-state index contributed by atoms with van der Waals surface area (Å²) in [5.74, 6) is 2.28. The molecule has 0 unspecified atom stereocenters. The van der Waals surface area contributed by atoms with E-state index in [-0.39, 0.29) is 0 Å².